The van der Waals surface area contributed by atoms with E-state index in [1.807, 2.05) is 6.92 Å². The predicted octanol–water partition coefficient (Wildman–Crippen LogP) is 1.87. The normalized spacial score (nSPS) is 19.9. The minimum atomic E-state index is -3.08. The Morgan fingerprint density at radius 1 is 1.33 bits per heavy atom. The summed E-state index contributed by atoms with van der Waals surface area (Å²) in [6.07, 6.45) is 6.15. The lowest BCUT2D eigenvalue weighted by molar-refractivity contribution is 0.364. The van der Waals surface area contributed by atoms with Crippen LogP contribution in [0.15, 0.2) is 0 Å². The van der Waals surface area contributed by atoms with E-state index in [9.17, 15) is 8.42 Å². The summed E-state index contributed by atoms with van der Waals surface area (Å²) in [5, 5.41) is 3.30. The molecule has 108 valence electrons. The van der Waals surface area contributed by atoms with Crippen LogP contribution in [0.4, 0.5) is 0 Å². The SMILES string of the molecule is CCCCC(C)NS(=O)(=O)CCC1CCNCC1. The first-order chi connectivity index (χ1) is 8.53. The number of nitrogens with one attached hydrogen (secondary N) is 2. The Morgan fingerprint density at radius 2 is 2.00 bits per heavy atom. The molecule has 0 aliphatic carbocycles. The summed E-state index contributed by atoms with van der Waals surface area (Å²) in [5.41, 5.74) is 0. The molecule has 18 heavy (non-hydrogen) atoms. The van der Waals surface area contributed by atoms with Crippen LogP contribution in [0, 0.1) is 5.92 Å². The van der Waals surface area contributed by atoms with E-state index >= 15 is 0 Å². The van der Waals surface area contributed by atoms with Crippen LogP contribution in [0.2, 0.25) is 0 Å². The van der Waals surface area contributed by atoms with Crippen molar-refractivity contribution in [3.63, 3.8) is 0 Å². The molecule has 0 bridgehead atoms. The summed E-state index contributed by atoms with van der Waals surface area (Å²) in [4.78, 5) is 0. The van der Waals surface area contributed by atoms with E-state index in [4.69, 9.17) is 0 Å². The highest BCUT2D eigenvalue weighted by Gasteiger charge is 2.19. The van der Waals surface area contributed by atoms with Crippen LogP contribution in [0.5, 0.6) is 0 Å². The van der Waals surface area contributed by atoms with Crippen molar-refractivity contribution >= 4 is 10.0 Å². The Kier molecular flexibility index (Phi) is 7.19. The lowest BCUT2D eigenvalue weighted by Crippen LogP contribution is -2.35. The lowest BCUT2D eigenvalue weighted by atomic mass is 9.96. The zero-order valence-corrected chi connectivity index (χ0v) is 12.6. The fraction of sp³-hybridized carbons (Fsp3) is 1.00. The van der Waals surface area contributed by atoms with Gasteiger partial charge in [-0.25, -0.2) is 13.1 Å². The molecular weight excluding hydrogens is 248 g/mol. The Hall–Kier alpha value is -0.130. The topological polar surface area (TPSA) is 58.2 Å². The molecule has 5 heteroatoms. The van der Waals surface area contributed by atoms with Crippen molar-refractivity contribution in [3.8, 4) is 0 Å². The van der Waals surface area contributed by atoms with Gasteiger partial charge in [0.05, 0.1) is 5.75 Å². The molecule has 0 aromatic heterocycles. The second-order valence-electron chi connectivity index (χ2n) is 5.46. The summed E-state index contributed by atoms with van der Waals surface area (Å²) in [5.74, 6) is 0.863. The molecule has 4 nitrogen and oxygen atoms in total. The van der Waals surface area contributed by atoms with Gasteiger partial charge >= 0.3 is 0 Å². The number of rotatable bonds is 8. The van der Waals surface area contributed by atoms with Gasteiger partial charge in [-0.15, -0.1) is 0 Å². The molecule has 0 amide bonds. The van der Waals surface area contributed by atoms with Crippen molar-refractivity contribution in [2.45, 2.75) is 58.4 Å². The fourth-order valence-corrected chi connectivity index (χ4v) is 3.92. The average molecular weight is 276 g/mol. The van der Waals surface area contributed by atoms with Gasteiger partial charge in [0.25, 0.3) is 0 Å². The first-order valence-electron chi connectivity index (χ1n) is 7.24. The van der Waals surface area contributed by atoms with Gasteiger partial charge in [0.15, 0.2) is 0 Å². The lowest BCUT2D eigenvalue weighted by Gasteiger charge is -2.22. The van der Waals surface area contributed by atoms with E-state index in [0.29, 0.717) is 5.92 Å². The van der Waals surface area contributed by atoms with Gasteiger partial charge in [-0.3, -0.25) is 0 Å². The number of unbranched alkanes of at least 4 members (excludes halogenated alkanes) is 1. The third-order valence-electron chi connectivity index (χ3n) is 3.62. The monoisotopic (exact) mass is 276 g/mol. The molecule has 1 aliphatic heterocycles. The zero-order valence-electron chi connectivity index (χ0n) is 11.7. The standard InChI is InChI=1S/C13H28N2O2S/c1-3-4-5-12(2)15-18(16,17)11-8-13-6-9-14-10-7-13/h12-15H,3-11H2,1-2H3. The quantitative estimate of drug-likeness (QED) is 0.711. The number of hydrogen-bond donors (Lipinski definition) is 2. The molecule has 1 unspecified atom stereocenters. The molecule has 0 radical (unpaired) electrons. The highest BCUT2D eigenvalue weighted by molar-refractivity contribution is 7.89. The molecule has 1 rings (SSSR count). The Morgan fingerprint density at radius 3 is 2.61 bits per heavy atom. The maximum atomic E-state index is 11.9. The summed E-state index contributed by atoms with van der Waals surface area (Å²) in [7, 11) is -3.08. The Labute approximate surface area is 112 Å². The van der Waals surface area contributed by atoms with Gasteiger partial charge in [-0.2, -0.15) is 0 Å². The van der Waals surface area contributed by atoms with Crippen molar-refractivity contribution in [2.75, 3.05) is 18.8 Å². The van der Waals surface area contributed by atoms with Crippen molar-refractivity contribution in [2.24, 2.45) is 5.92 Å². The third kappa shape index (κ3) is 6.71. The van der Waals surface area contributed by atoms with E-state index in [2.05, 4.69) is 17.0 Å². The van der Waals surface area contributed by atoms with Crippen LogP contribution in [0.1, 0.15) is 52.4 Å². The minimum absolute atomic E-state index is 0.0722. The second kappa shape index (κ2) is 8.12. The highest BCUT2D eigenvalue weighted by atomic mass is 32.2. The van der Waals surface area contributed by atoms with Gasteiger partial charge in [0, 0.05) is 6.04 Å². The van der Waals surface area contributed by atoms with Gasteiger partial charge in [-0.1, -0.05) is 19.8 Å². The van der Waals surface area contributed by atoms with Crippen LogP contribution in [0.3, 0.4) is 0 Å². The second-order valence-corrected chi connectivity index (χ2v) is 7.34. The molecular formula is C13H28N2O2S. The fourth-order valence-electron chi connectivity index (χ4n) is 2.43. The Balaban J connectivity index is 2.25. The minimum Gasteiger partial charge on any atom is -0.317 e. The van der Waals surface area contributed by atoms with E-state index < -0.39 is 10.0 Å². The number of sulfonamides is 1. The predicted molar refractivity (Wildman–Crippen MR) is 76.1 cm³/mol. The van der Waals surface area contributed by atoms with E-state index in [-0.39, 0.29) is 11.8 Å². The first-order valence-corrected chi connectivity index (χ1v) is 8.89. The van der Waals surface area contributed by atoms with E-state index in [0.717, 1.165) is 51.6 Å². The third-order valence-corrected chi connectivity index (χ3v) is 5.16. The zero-order chi connectivity index (χ0) is 13.4. The maximum absolute atomic E-state index is 11.9. The largest absolute Gasteiger partial charge is 0.317 e. The molecule has 0 aromatic carbocycles. The van der Waals surface area contributed by atoms with E-state index in [1.165, 1.54) is 0 Å². The van der Waals surface area contributed by atoms with E-state index in [1.54, 1.807) is 0 Å². The molecule has 1 fully saturated rings. The van der Waals surface area contributed by atoms with Crippen molar-refractivity contribution in [1.29, 1.82) is 0 Å². The van der Waals surface area contributed by atoms with Crippen LogP contribution in [-0.2, 0) is 10.0 Å². The van der Waals surface area contributed by atoms with Gasteiger partial charge in [0.2, 0.25) is 10.0 Å². The highest BCUT2D eigenvalue weighted by Crippen LogP contribution is 2.16. The molecule has 1 saturated heterocycles. The Bertz CT molecular complexity index is 311. The molecule has 0 saturated carbocycles. The van der Waals surface area contributed by atoms with Crippen molar-refractivity contribution < 1.29 is 8.42 Å². The van der Waals surface area contributed by atoms with Crippen molar-refractivity contribution in [3.05, 3.63) is 0 Å². The summed E-state index contributed by atoms with van der Waals surface area (Å²) >= 11 is 0. The molecule has 1 heterocycles. The van der Waals surface area contributed by atoms with Crippen LogP contribution >= 0.6 is 0 Å². The smallest absolute Gasteiger partial charge is 0.211 e. The molecule has 2 N–H and O–H groups in total. The van der Waals surface area contributed by atoms with Crippen LogP contribution in [-0.4, -0.2) is 33.3 Å². The van der Waals surface area contributed by atoms with Gasteiger partial charge < -0.3 is 5.32 Å². The average Bonchev–Trinajstić information content (AvgIpc) is 2.35. The summed E-state index contributed by atoms with van der Waals surface area (Å²) < 4.78 is 26.6. The molecule has 1 aliphatic rings. The summed E-state index contributed by atoms with van der Waals surface area (Å²) in [6, 6.07) is 0.0722. The van der Waals surface area contributed by atoms with Crippen LogP contribution in [0.25, 0.3) is 0 Å². The molecule has 0 spiro atoms. The van der Waals surface area contributed by atoms with Gasteiger partial charge in [0.1, 0.15) is 0 Å². The molecule has 1 atom stereocenters. The number of piperidine rings is 1. The van der Waals surface area contributed by atoms with Gasteiger partial charge in [-0.05, 0) is 51.6 Å². The number of hydrogen-bond acceptors (Lipinski definition) is 3. The summed E-state index contributed by atoms with van der Waals surface area (Å²) in [6.45, 7) is 6.15. The van der Waals surface area contributed by atoms with Crippen LogP contribution < -0.4 is 10.0 Å². The van der Waals surface area contributed by atoms with Crippen molar-refractivity contribution in [1.82, 2.24) is 10.0 Å². The molecule has 0 aromatic rings. The first kappa shape index (κ1) is 15.9. The maximum Gasteiger partial charge on any atom is 0.211 e.